The Labute approximate surface area is 189 Å². The van der Waals surface area contributed by atoms with Crippen LogP contribution in [-0.2, 0) is 16.4 Å². The largest absolute Gasteiger partial charge is 0.494 e. The fourth-order valence-electron chi connectivity index (χ4n) is 3.16. The maximum atomic E-state index is 13.1. The average molecular weight is 473 g/mol. The zero-order valence-electron chi connectivity index (χ0n) is 17.7. The number of anilines is 1. The van der Waals surface area contributed by atoms with Crippen LogP contribution >= 0.6 is 0 Å². The molecule has 0 saturated carbocycles. The van der Waals surface area contributed by atoms with E-state index in [-0.39, 0.29) is 23.9 Å². The zero-order valence-corrected chi connectivity index (χ0v) is 18.5. The number of hydrogen-bond acceptors (Lipinski definition) is 8. The Kier molecular flexibility index (Phi) is 6.27. The van der Waals surface area contributed by atoms with Crippen LogP contribution in [0.25, 0.3) is 17.3 Å². The number of halogens is 1. The van der Waals surface area contributed by atoms with Crippen LogP contribution in [0.2, 0.25) is 0 Å². The summed E-state index contributed by atoms with van der Waals surface area (Å²) in [6.45, 7) is 0. The molecule has 0 fully saturated rings. The molecule has 4 rings (SSSR count). The number of furan rings is 1. The molecule has 1 aromatic carbocycles. The Balaban J connectivity index is 1.73. The third-order valence-electron chi connectivity index (χ3n) is 4.69. The molecule has 0 radical (unpaired) electrons. The molecule has 0 saturated heterocycles. The number of ether oxygens (including phenoxy) is 2. The minimum Gasteiger partial charge on any atom is -0.494 e. The van der Waals surface area contributed by atoms with Crippen LogP contribution < -0.4 is 14.2 Å². The standard InChI is InChI=1S/C21H20FN5O5S/c1-30-16-5-3-6-17(31-2)19(16)27-20(18-7-4-11-32-18)24-25-21(27)26-33(28,29)12-10-15-9-8-14(22)13-23-15/h3-9,11,13H,10,12H2,1-2H3,(H,25,26). The van der Waals surface area contributed by atoms with Crippen LogP contribution in [0.1, 0.15) is 5.69 Å². The second-order valence-electron chi connectivity index (χ2n) is 6.81. The Morgan fingerprint density at radius 3 is 2.42 bits per heavy atom. The molecule has 33 heavy (non-hydrogen) atoms. The number of pyridine rings is 1. The van der Waals surface area contributed by atoms with Crippen LogP contribution in [0.4, 0.5) is 10.3 Å². The third-order valence-corrected chi connectivity index (χ3v) is 5.93. The lowest BCUT2D eigenvalue weighted by Gasteiger charge is -2.17. The van der Waals surface area contributed by atoms with Crippen molar-refractivity contribution in [3.8, 4) is 28.8 Å². The first-order chi connectivity index (χ1) is 15.9. The highest BCUT2D eigenvalue weighted by Gasteiger charge is 2.26. The van der Waals surface area contributed by atoms with Gasteiger partial charge in [0.2, 0.25) is 21.8 Å². The molecule has 3 heterocycles. The molecule has 0 aliphatic carbocycles. The van der Waals surface area contributed by atoms with E-state index in [4.69, 9.17) is 13.9 Å². The molecule has 12 heteroatoms. The van der Waals surface area contributed by atoms with Crippen LogP contribution in [0.5, 0.6) is 11.5 Å². The molecule has 172 valence electrons. The molecule has 10 nitrogen and oxygen atoms in total. The van der Waals surface area contributed by atoms with Gasteiger partial charge in [0.15, 0.2) is 5.76 Å². The molecule has 0 atom stereocenters. The van der Waals surface area contributed by atoms with Crippen LogP contribution in [0.3, 0.4) is 0 Å². The van der Waals surface area contributed by atoms with Crippen molar-refractivity contribution in [2.45, 2.75) is 6.42 Å². The number of aromatic nitrogens is 4. The van der Waals surface area contributed by atoms with Crippen LogP contribution in [0, 0.1) is 5.82 Å². The molecule has 0 aliphatic rings. The van der Waals surface area contributed by atoms with Gasteiger partial charge in [0.25, 0.3) is 0 Å². The van der Waals surface area contributed by atoms with Crippen molar-refractivity contribution in [2.24, 2.45) is 0 Å². The van der Waals surface area contributed by atoms with E-state index in [1.54, 1.807) is 30.3 Å². The van der Waals surface area contributed by atoms with E-state index in [1.165, 1.54) is 37.2 Å². The summed E-state index contributed by atoms with van der Waals surface area (Å²) in [5.74, 6) is 0.505. The van der Waals surface area contributed by atoms with E-state index in [9.17, 15) is 12.8 Å². The number of nitrogens with zero attached hydrogens (tertiary/aromatic N) is 4. The first-order valence-corrected chi connectivity index (χ1v) is 11.4. The number of rotatable bonds is 9. The van der Waals surface area contributed by atoms with Gasteiger partial charge >= 0.3 is 0 Å². The quantitative estimate of drug-likeness (QED) is 0.394. The van der Waals surface area contributed by atoms with Crippen molar-refractivity contribution >= 4 is 16.0 Å². The smallest absolute Gasteiger partial charge is 0.243 e. The number of para-hydroxylation sites is 1. The SMILES string of the molecule is COc1cccc(OC)c1-n1c(NS(=O)(=O)CCc2ccc(F)cn2)nnc1-c1ccco1. The van der Waals surface area contributed by atoms with Gasteiger partial charge in [-0.2, -0.15) is 0 Å². The number of nitrogens with one attached hydrogen (secondary N) is 1. The summed E-state index contributed by atoms with van der Waals surface area (Å²) in [7, 11) is -0.926. The maximum absolute atomic E-state index is 13.1. The third kappa shape index (κ3) is 4.80. The Morgan fingerprint density at radius 1 is 1.06 bits per heavy atom. The van der Waals surface area contributed by atoms with Gasteiger partial charge in [0.05, 0.1) is 32.4 Å². The lowest BCUT2D eigenvalue weighted by molar-refractivity contribution is 0.391. The van der Waals surface area contributed by atoms with Crippen molar-refractivity contribution in [1.29, 1.82) is 0 Å². The van der Waals surface area contributed by atoms with Crippen molar-refractivity contribution in [2.75, 3.05) is 24.7 Å². The molecule has 0 unspecified atom stereocenters. The highest BCUT2D eigenvalue weighted by atomic mass is 32.2. The minimum atomic E-state index is -3.89. The molecule has 0 bridgehead atoms. The van der Waals surface area contributed by atoms with Gasteiger partial charge in [-0.1, -0.05) is 6.07 Å². The normalized spacial score (nSPS) is 11.4. The van der Waals surface area contributed by atoms with Crippen LogP contribution in [0.15, 0.2) is 59.3 Å². The highest BCUT2D eigenvalue weighted by Crippen LogP contribution is 2.37. The van der Waals surface area contributed by atoms with E-state index >= 15 is 0 Å². The van der Waals surface area contributed by atoms with Gasteiger partial charge in [-0.05, 0) is 36.4 Å². The Bertz CT molecular complexity index is 1320. The predicted molar refractivity (Wildman–Crippen MR) is 117 cm³/mol. The average Bonchev–Trinajstić information content (AvgIpc) is 3.48. The van der Waals surface area contributed by atoms with Gasteiger partial charge < -0.3 is 13.9 Å². The molecule has 0 aliphatic heterocycles. The molecule has 0 amide bonds. The van der Waals surface area contributed by atoms with Crippen molar-refractivity contribution in [1.82, 2.24) is 19.7 Å². The number of hydrogen-bond donors (Lipinski definition) is 1. The fourth-order valence-corrected chi connectivity index (χ4v) is 4.15. The van der Waals surface area contributed by atoms with E-state index in [1.807, 2.05) is 0 Å². The van der Waals surface area contributed by atoms with Crippen LogP contribution in [-0.4, -0.2) is 48.1 Å². The Morgan fingerprint density at radius 2 is 1.82 bits per heavy atom. The first kappa shape index (κ1) is 22.3. The molecule has 3 aromatic heterocycles. The summed E-state index contributed by atoms with van der Waals surface area (Å²) in [6, 6.07) is 11.1. The van der Waals surface area contributed by atoms with E-state index in [0.29, 0.717) is 28.6 Å². The molecule has 4 aromatic rings. The fraction of sp³-hybridized carbons (Fsp3) is 0.190. The maximum Gasteiger partial charge on any atom is 0.243 e. The summed E-state index contributed by atoms with van der Waals surface area (Å²) in [4.78, 5) is 3.89. The number of methoxy groups -OCH3 is 2. The van der Waals surface area contributed by atoms with E-state index in [2.05, 4.69) is 19.9 Å². The monoisotopic (exact) mass is 473 g/mol. The van der Waals surface area contributed by atoms with Gasteiger partial charge in [0.1, 0.15) is 23.0 Å². The highest BCUT2D eigenvalue weighted by molar-refractivity contribution is 7.92. The summed E-state index contributed by atoms with van der Waals surface area (Å²) < 4.78 is 59.1. The molecule has 1 N–H and O–H groups in total. The van der Waals surface area contributed by atoms with Gasteiger partial charge in [-0.25, -0.2) is 12.8 Å². The number of benzene rings is 1. The van der Waals surface area contributed by atoms with Gasteiger partial charge in [-0.3, -0.25) is 14.3 Å². The van der Waals surface area contributed by atoms with E-state index < -0.39 is 15.8 Å². The topological polar surface area (TPSA) is 121 Å². The number of aryl methyl sites for hydroxylation is 1. The molecular formula is C21H20FN5O5S. The lowest BCUT2D eigenvalue weighted by Crippen LogP contribution is -2.21. The minimum absolute atomic E-state index is 0.0762. The zero-order chi connectivity index (χ0) is 23.4. The van der Waals surface area contributed by atoms with Crippen molar-refractivity contribution < 1.29 is 26.7 Å². The number of sulfonamides is 1. The second kappa shape index (κ2) is 9.28. The summed E-state index contributed by atoms with van der Waals surface area (Å²) >= 11 is 0. The van der Waals surface area contributed by atoms with E-state index in [0.717, 1.165) is 6.20 Å². The summed E-state index contributed by atoms with van der Waals surface area (Å²) in [6.07, 6.45) is 2.58. The lowest BCUT2D eigenvalue weighted by atomic mass is 10.2. The summed E-state index contributed by atoms with van der Waals surface area (Å²) in [5, 5.41) is 8.16. The Hall–Kier alpha value is -3.93. The van der Waals surface area contributed by atoms with Crippen molar-refractivity contribution in [3.63, 3.8) is 0 Å². The first-order valence-electron chi connectivity index (χ1n) is 9.73. The van der Waals surface area contributed by atoms with Gasteiger partial charge in [-0.15, -0.1) is 10.2 Å². The second-order valence-corrected chi connectivity index (χ2v) is 8.65. The predicted octanol–water partition coefficient (Wildman–Crippen LogP) is 3.06. The van der Waals surface area contributed by atoms with Gasteiger partial charge in [0, 0.05) is 12.1 Å². The summed E-state index contributed by atoms with van der Waals surface area (Å²) in [5.41, 5.74) is 0.822. The molecule has 0 spiro atoms. The van der Waals surface area contributed by atoms with Crippen molar-refractivity contribution in [3.05, 3.63) is 66.4 Å². The molecular weight excluding hydrogens is 453 g/mol.